The molecule has 0 unspecified atom stereocenters. The van der Waals surface area contributed by atoms with Gasteiger partial charge in [-0.3, -0.25) is 0 Å². The molecule has 0 atom stereocenters. The summed E-state index contributed by atoms with van der Waals surface area (Å²) in [6.45, 7) is 2.01. The van der Waals surface area contributed by atoms with Gasteiger partial charge in [-0.25, -0.2) is 0 Å². The molecule has 0 radical (unpaired) electrons. The lowest BCUT2D eigenvalue weighted by molar-refractivity contribution is 0.275. The highest BCUT2D eigenvalue weighted by molar-refractivity contribution is 14.1. The molecule has 3 rings (SSSR count). The quantitative estimate of drug-likeness (QED) is 0.789. The van der Waals surface area contributed by atoms with Gasteiger partial charge >= 0.3 is 0 Å². The highest BCUT2D eigenvalue weighted by Crippen LogP contribution is 2.36. The van der Waals surface area contributed by atoms with Gasteiger partial charge in [0.1, 0.15) is 0 Å². The van der Waals surface area contributed by atoms with Crippen LogP contribution < -0.4 is 5.32 Å². The second kappa shape index (κ2) is 5.43. The molecule has 1 saturated heterocycles. The van der Waals surface area contributed by atoms with Gasteiger partial charge in [-0.05, 0) is 58.3 Å². The van der Waals surface area contributed by atoms with Crippen LogP contribution in [0.4, 0.5) is 0 Å². The molecule has 1 aliphatic rings. The molecule has 2 aromatic carbocycles. The summed E-state index contributed by atoms with van der Waals surface area (Å²) < 4.78 is 1.28. The van der Waals surface area contributed by atoms with Crippen LogP contribution in [0.1, 0.15) is 11.1 Å². The van der Waals surface area contributed by atoms with Gasteiger partial charge in [0.2, 0.25) is 0 Å². The van der Waals surface area contributed by atoms with E-state index in [4.69, 9.17) is 11.6 Å². The largest absolute Gasteiger partial charge is 0.315 e. The fourth-order valence-electron chi connectivity index (χ4n) is 2.72. The zero-order valence-corrected chi connectivity index (χ0v) is 13.4. The van der Waals surface area contributed by atoms with Crippen molar-refractivity contribution in [3.63, 3.8) is 0 Å². The Morgan fingerprint density at radius 3 is 2.32 bits per heavy atom. The van der Waals surface area contributed by atoms with Gasteiger partial charge in [0, 0.05) is 27.1 Å². The van der Waals surface area contributed by atoms with Crippen LogP contribution in [-0.4, -0.2) is 13.1 Å². The van der Waals surface area contributed by atoms with Crippen LogP contribution in [-0.2, 0) is 11.8 Å². The van der Waals surface area contributed by atoms with Crippen molar-refractivity contribution in [1.82, 2.24) is 5.32 Å². The number of hydrogen-bond donors (Lipinski definition) is 1. The lowest BCUT2D eigenvalue weighted by atomic mass is 9.71. The molecular formula is C16H15ClIN. The molecule has 0 aliphatic carbocycles. The Labute approximate surface area is 132 Å². The Morgan fingerprint density at radius 1 is 1.05 bits per heavy atom. The molecule has 1 nitrogen and oxygen atoms in total. The van der Waals surface area contributed by atoms with Gasteiger partial charge in [0.25, 0.3) is 0 Å². The fraction of sp³-hybridized carbons (Fsp3) is 0.250. The maximum absolute atomic E-state index is 6.38. The molecule has 1 fully saturated rings. The third-order valence-electron chi connectivity index (χ3n) is 3.83. The molecule has 0 amide bonds. The smallest absolute Gasteiger partial charge is 0.0444 e. The average Bonchev–Trinajstić information content (AvgIpc) is 2.37. The number of benzene rings is 2. The Kier molecular flexibility index (Phi) is 3.83. The predicted molar refractivity (Wildman–Crippen MR) is 88.9 cm³/mol. The topological polar surface area (TPSA) is 12.0 Å². The zero-order valence-electron chi connectivity index (χ0n) is 10.5. The minimum absolute atomic E-state index is 0.158. The van der Waals surface area contributed by atoms with Crippen LogP contribution in [0.15, 0.2) is 48.5 Å². The molecule has 3 heteroatoms. The van der Waals surface area contributed by atoms with Crippen molar-refractivity contribution >= 4 is 34.2 Å². The molecular weight excluding hydrogens is 369 g/mol. The van der Waals surface area contributed by atoms with Gasteiger partial charge in [-0.2, -0.15) is 0 Å². The first-order chi connectivity index (χ1) is 9.20. The number of nitrogens with one attached hydrogen (secondary N) is 1. The molecule has 0 bridgehead atoms. The maximum atomic E-state index is 6.38. The first kappa shape index (κ1) is 13.4. The van der Waals surface area contributed by atoms with E-state index < -0.39 is 0 Å². The van der Waals surface area contributed by atoms with Crippen molar-refractivity contribution in [2.45, 2.75) is 11.8 Å². The van der Waals surface area contributed by atoms with Crippen molar-refractivity contribution in [2.24, 2.45) is 0 Å². The summed E-state index contributed by atoms with van der Waals surface area (Å²) in [7, 11) is 0. The number of hydrogen-bond acceptors (Lipinski definition) is 1. The van der Waals surface area contributed by atoms with E-state index in [9.17, 15) is 0 Å². The standard InChI is InChI=1S/C16H15ClIN/c17-15-4-2-1-3-14(15)16(10-19-11-16)9-12-5-7-13(18)8-6-12/h1-8,19H,9-11H2. The van der Waals surface area contributed by atoms with Gasteiger partial charge < -0.3 is 5.32 Å². The highest BCUT2D eigenvalue weighted by Gasteiger charge is 2.39. The zero-order chi connectivity index (χ0) is 13.3. The molecule has 98 valence electrons. The van der Waals surface area contributed by atoms with E-state index in [1.807, 2.05) is 12.1 Å². The summed E-state index contributed by atoms with van der Waals surface area (Å²) in [6, 6.07) is 17.0. The third-order valence-corrected chi connectivity index (χ3v) is 4.88. The van der Waals surface area contributed by atoms with E-state index in [2.05, 4.69) is 64.3 Å². The number of rotatable bonds is 3. The summed E-state index contributed by atoms with van der Waals surface area (Å²) in [5.74, 6) is 0. The lowest BCUT2D eigenvalue weighted by Gasteiger charge is -2.44. The molecule has 2 aromatic rings. The van der Waals surface area contributed by atoms with E-state index in [1.54, 1.807) is 0 Å². The first-order valence-electron chi connectivity index (χ1n) is 6.40. The second-order valence-corrected chi connectivity index (χ2v) is 6.82. The summed E-state index contributed by atoms with van der Waals surface area (Å²) in [6.07, 6.45) is 1.04. The van der Waals surface area contributed by atoms with E-state index in [0.29, 0.717) is 0 Å². The van der Waals surface area contributed by atoms with E-state index in [0.717, 1.165) is 24.5 Å². The van der Waals surface area contributed by atoms with Crippen molar-refractivity contribution in [1.29, 1.82) is 0 Å². The number of halogens is 2. The van der Waals surface area contributed by atoms with Gasteiger partial charge in [0.05, 0.1) is 0 Å². The Balaban J connectivity index is 1.92. The molecule has 0 aromatic heterocycles. The first-order valence-corrected chi connectivity index (χ1v) is 7.85. The lowest BCUT2D eigenvalue weighted by Crippen LogP contribution is -2.58. The summed E-state index contributed by atoms with van der Waals surface area (Å²) in [5.41, 5.74) is 2.81. The van der Waals surface area contributed by atoms with E-state index in [-0.39, 0.29) is 5.41 Å². The SMILES string of the molecule is Clc1ccccc1C1(Cc2ccc(I)cc2)CNC1. The summed E-state index contributed by atoms with van der Waals surface area (Å²) in [4.78, 5) is 0. The normalized spacial score (nSPS) is 16.9. The molecule has 0 spiro atoms. The predicted octanol–water partition coefficient (Wildman–Crippen LogP) is 4.03. The molecule has 19 heavy (non-hydrogen) atoms. The maximum Gasteiger partial charge on any atom is 0.0444 e. The van der Waals surface area contributed by atoms with Gasteiger partial charge in [0.15, 0.2) is 0 Å². The minimum atomic E-state index is 0.158. The molecule has 0 saturated carbocycles. The Bertz CT molecular complexity index is 576. The summed E-state index contributed by atoms with van der Waals surface area (Å²) in [5, 5.41) is 4.28. The van der Waals surface area contributed by atoms with E-state index >= 15 is 0 Å². The van der Waals surface area contributed by atoms with Crippen molar-refractivity contribution < 1.29 is 0 Å². The van der Waals surface area contributed by atoms with Crippen LogP contribution in [0.2, 0.25) is 5.02 Å². The van der Waals surface area contributed by atoms with Crippen molar-refractivity contribution in [2.75, 3.05) is 13.1 Å². The van der Waals surface area contributed by atoms with Crippen LogP contribution >= 0.6 is 34.2 Å². The molecule has 1 N–H and O–H groups in total. The van der Waals surface area contributed by atoms with E-state index in [1.165, 1.54) is 14.7 Å². The van der Waals surface area contributed by atoms with Crippen LogP contribution in [0.3, 0.4) is 0 Å². The molecule has 1 aliphatic heterocycles. The minimum Gasteiger partial charge on any atom is -0.315 e. The fourth-order valence-corrected chi connectivity index (χ4v) is 3.42. The van der Waals surface area contributed by atoms with Crippen molar-refractivity contribution in [3.8, 4) is 0 Å². The summed E-state index contributed by atoms with van der Waals surface area (Å²) >= 11 is 8.72. The van der Waals surface area contributed by atoms with Crippen LogP contribution in [0, 0.1) is 3.57 Å². The van der Waals surface area contributed by atoms with Gasteiger partial charge in [-0.1, -0.05) is 41.9 Å². The van der Waals surface area contributed by atoms with Crippen LogP contribution in [0.5, 0.6) is 0 Å². The highest BCUT2D eigenvalue weighted by atomic mass is 127. The Morgan fingerprint density at radius 2 is 1.74 bits per heavy atom. The molecule has 1 heterocycles. The Hall–Kier alpha value is -0.580. The van der Waals surface area contributed by atoms with Gasteiger partial charge in [-0.15, -0.1) is 0 Å². The second-order valence-electron chi connectivity index (χ2n) is 5.17. The van der Waals surface area contributed by atoms with Crippen LogP contribution in [0.25, 0.3) is 0 Å². The van der Waals surface area contributed by atoms with Crippen molar-refractivity contribution in [3.05, 3.63) is 68.3 Å². The third kappa shape index (κ3) is 2.67. The monoisotopic (exact) mass is 383 g/mol. The average molecular weight is 384 g/mol.